The second kappa shape index (κ2) is 9.85. The van der Waals surface area contributed by atoms with Gasteiger partial charge in [-0.3, -0.25) is 9.59 Å². The topological polar surface area (TPSA) is 57.7 Å². The first-order chi connectivity index (χ1) is 13.5. The van der Waals surface area contributed by atoms with Gasteiger partial charge in [-0.05, 0) is 50.5 Å². The quantitative estimate of drug-likeness (QED) is 0.725. The molecule has 0 bridgehead atoms. The molecule has 0 unspecified atom stereocenters. The third kappa shape index (κ3) is 5.43. The number of ketones is 1. The molecule has 2 atom stereocenters. The van der Waals surface area contributed by atoms with Gasteiger partial charge in [0.2, 0.25) is 11.8 Å². The average molecular weight is 385 g/mol. The number of Topliss-reactive ketones (excluding diaryl/α,β-unsaturated/α-hetero) is 1. The summed E-state index contributed by atoms with van der Waals surface area (Å²) in [6.07, 6.45) is 5.99. The Hall–Kier alpha value is -2.17. The zero-order chi connectivity index (χ0) is 19.9. The Kier molecular flexibility index (Phi) is 7.24. The van der Waals surface area contributed by atoms with Crippen molar-refractivity contribution in [1.82, 2.24) is 9.80 Å². The first-order valence-corrected chi connectivity index (χ1v) is 10.6. The molecule has 2 aliphatic heterocycles. The number of carbonyl (C=O) groups is 3. The third-order valence-electron chi connectivity index (χ3n) is 6.13. The van der Waals surface area contributed by atoms with Crippen LogP contribution in [0.2, 0.25) is 0 Å². The van der Waals surface area contributed by atoms with Crippen LogP contribution in [0.4, 0.5) is 0 Å². The Labute approximate surface area is 168 Å². The summed E-state index contributed by atoms with van der Waals surface area (Å²) in [6, 6.07) is 10.5. The number of likely N-dealkylation sites (tertiary alicyclic amines) is 2. The van der Waals surface area contributed by atoms with E-state index in [1.54, 1.807) is 0 Å². The van der Waals surface area contributed by atoms with Crippen molar-refractivity contribution in [2.24, 2.45) is 5.92 Å². The zero-order valence-corrected chi connectivity index (χ0v) is 16.9. The highest BCUT2D eigenvalue weighted by Crippen LogP contribution is 2.31. The van der Waals surface area contributed by atoms with Gasteiger partial charge in [-0.25, -0.2) is 0 Å². The van der Waals surface area contributed by atoms with Crippen molar-refractivity contribution in [3.8, 4) is 0 Å². The van der Waals surface area contributed by atoms with Crippen molar-refractivity contribution < 1.29 is 14.4 Å². The number of nitrogens with zero attached hydrogens (tertiary/aromatic N) is 2. The smallest absolute Gasteiger partial charge is 0.223 e. The van der Waals surface area contributed by atoms with Gasteiger partial charge in [-0.1, -0.05) is 30.3 Å². The fourth-order valence-electron chi connectivity index (χ4n) is 4.61. The van der Waals surface area contributed by atoms with E-state index in [1.807, 2.05) is 28.0 Å². The van der Waals surface area contributed by atoms with Crippen LogP contribution in [0.1, 0.15) is 57.4 Å². The Bertz CT molecular complexity index is 688. The number of aryl methyl sites for hydroxylation is 1. The molecule has 2 saturated heterocycles. The number of piperidine rings is 2. The monoisotopic (exact) mass is 384 g/mol. The molecule has 152 valence electrons. The maximum Gasteiger partial charge on any atom is 0.223 e. The molecule has 0 saturated carbocycles. The molecule has 0 radical (unpaired) electrons. The summed E-state index contributed by atoms with van der Waals surface area (Å²) >= 11 is 0. The first-order valence-electron chi connectivity index (χ1n) is 10.6. The summed E-state index contributed by atoms with van der Waals surface area (Å²) in [6.45, 7) is 3.84. The average Bonchev–Trinajstić information content (AvgIpc) is 2.71. The standard InChI is InChI=1S/C23H32N2O3/c1-18(26)12-13-23(28)25-15-6-10-20-17-24(16-14-21(20)25)22(27)11-5-9-19-7-3-2-4-8-19/h2-4,7-8,20-21H,5-6,9-17H2,1H3/t20-,21+/m1/s1. The molecule has 1 aromatic carbocycles. The van der Waals surface area contributed by atoms with Crippen LogP contribution in [0.3, 0.4) is 0 Å². The molecular formula is C23H32N2O3. The van der Waals surface area contributed by atoms with Gasteiger partial charge in [-0.2, -0.15) is 0 Å². The fraction of sp³-hybridized carbons (Fsp3) is 0.609. The molecule has 5 nitrogen and oxygen atoms in total. The summed E-state index contributed by atoms with van der Waals surface area (Å²) in [5, 5.41) is 0. The van der Waals surface area contributed by atoms with E-state index in [4.69, 9.17) is 0 Å². The molecule has 28 heavy (non-hydrogen) atoms. The number of rotatable bonds is 7. The van der Waals surface area contributed by atoms with Crippen molar-refractivity contribution in [2.45, 2.75) is 64.3 Å². The summed E-state index contributed by atoms with van der Waals surface area (Å²) in [4.78, 5) is 40.4. The van der Waals surface area contributed by atoms with Gasteiger partial charge in [-0.15, -0.1) is 0 Å². The largest absolute Gasteiger partial charge is 0.342 e. The highest BCUT2D eigenvalue weighted by molar-refractivity contribution is 5.84. The number of amides is 2. The molecule has 5 heteroatoms. The van der Waals surface area contributed by atoms with E-state index >= 15 is 0 Å². The number of fused-ring (bicyclic) bond motifs is 1. The van der Waals surface area contributed by atoms with Crippen LogP contribution < -0.4 is 0 Å². The SMILES string of the molecule is CC(=O)CCC(=O)N1CCC[C@@H]2CN(C(=O)CCCc3ccccc3)CC[C@@H]21. The van der Waals surface area contributed by atoms with E-state index in [2.05, 4.69) is 12.1 Å². The van der Waals surface area contributed by atoms with E-state index < -0.39 is 0 Å². The Morgan fingerprint density at radius 2 is 1.75 bits per heavy atom. The Morgan fingerprint density at radius 1 is 0.964 bits per heavy atom. The third-order valence-corrected chi connectivity index (χ3v) is 6.13. The molecule has 2 aliphatic rings. The molecule has 0 spiro atoms. The first kappa shape index (κ1) is 20.6. The van der Waals surface area contributed by atoms with E-state index in [0.717, 1.165) is 51.7 Å². The molecule has 3 rings (SSSR count). The van der Waals surface area contributed by atoms with Crippen LogP contribution in [-0.4, -0.2) is 53.1 Å². The van der Waals surface area contributed by atoms with Crippen molar-refractivity contribution >= 4 is 17.6 Å². The minimum Gasteiger partial charge on any atom is -0.342 e. The van der Waals surface area contributed by atoms with Crippen LogP contribution >= 0.6 is 0 Å². The van der Waals surface area contributed by atoms with Gasteiger partial charge < -0.3 is 14.6 Å². The minimum absolute atomic E-state index is 0.0674. The molecule has 1 aromatic rings. The lowest BCUT2D eigenvalue weighted by atomic mass is 9.83. The lowest BCUT2D eigenvalue weighted by molar-refractivity contribution is -0.142. The van der Waals surface area contributed by atoms with Gasteiger partial charge in [0.25, 0.3) is 0 Å². The summed E-state index contributed by atoms with van der Waals surface area (Å²) in [7, 11) is 0. The summed E-state index contributed by atoms with van der Waals surface area (Å²) in [5.41, 5.74) is 1.28. The number of hydrogen-bond acceptors (Lipinski definition) is 3. The number of benzene rings is 1. The van der Waals surface area contributed by atoms with Crippen LogP contribution in [0, 0.1) is 5.92 Å². The minimum atomic E-state index is 0.0674. The number of carbonyl (C=O) groups excluding carboxylic acids is 3. The summed E-state index contributed by atoms with van der Waals surface area (Å²) < 4.78 is 0. The molecule has 0 aliphatic carbocycles. The van der Waals surface area contributed by atoms with E-state index in [1.165, 1.54) is 12.5 Å². The van der Waals surface area contributed by atoms with Crippen molar-refractivity contribution in [3.63, 3.8) is 0 Å². The lowest BCUT2D eigenvalue weighted by Gasteiger charge is -2.47. The zero-order valence-electron chi connectivity index (χ0n) is 16.9. The molecular weight excluding hydrogens is 352 g/mol. The van der Waals surface area contributed by atoms with Crippen LogP contribution in [0.5, 0.6) is 0 Å². The van der Waals surface area contributed by atoms with Gasteiger partial charge in [0, 0.05) is 44.9 Å². The fourth-order valence-corrected chi connectivity index (χ4v) is 4.61. The maximum atomic E-state index is 12.7. The number of hydrogen-bond donors (Lipinski definition) is 0. The van der Waals surface area contributed by atoms with Gasteiger partial charge in [0.05, 0.1) is 0 Å². The highest BCUT2D eigenvalue weighted by atomic mass is 16.2. The molecule has 2 fully saturated rings. The summed E-state index contributed by atoms with van der Waals surface area (Å²) in [5.74, 6) is 0.793. The molecule has 2 heterocycles. The Morgan fingerprint density at radius 3 is 2.50 bits per heavy atom. The predicted molar refractivity (Wildman–Crippen MR) is 109 cm³/mol. The van der Waals surface area contributed by atoms with Crippen molar-refractivity contribution in [2.75, 3.05) is 19.6 Å². The lowest BCUT2D eigenvalue weighted by Crippen LogP contribution is -2.56. The molecule has 2 amide bonds. The van der Waals surface area contributed by atoms with E-state index in [-0.39, 0.29) is 23.6 Å². The second-order valence-electron chi connectivity index (χ2n) is 8.23. The van der Waals surface area contributed by atoms with Crippen molar-refractivity contribution in [3.05, 3.63) is 35.9 Å². The predicted octanol–water partition coefficient (Wildman–Crippen LogP) is 3.22. The van der Waals surface area contributed by atoms with Crippen LogP contribution in [0.15, 0.2) is 30.3 Å². The second-order valence-corrected chi connectivity index (χ2v) is 8.23. The molecule has 0 N–H and O–H groups in total. The van der Waals surface area contributed by atoms with E-state index in [9.17, 15) is 14.4 Å². The van der Waals surface area contributed by atoms with Crippen LogP contribution in [0.25, 0.3) is 0 Å². The van der Waals surface area contributed by atoms with Gasteiger partial charge >= 0.3 is 0 Å². The van der Waals surface area contributed by atoms with E-state index in [0.29, 0.717) is 25.2 Å². The maximum absolute atomic E-state index is 12.7. The van der Waals surface area contributed by atoms with Gasteiger partial charge in [0.15, 0.2) is 0 Å². The Balaban J connectivity index is 1.47. The highest BCUT2D eigenvalue weighted by Gasteiger charge is 2.38. The normalized spacial score (nSPS) is 21.9. The van der Waals surface area contributed by atoms with Crippen molar-refractivity contribution in [1.29, 1.82) is 0 Å². The van der Waals surface area contributed by atoms with Gasteiger partial charge in [0.1, 0.15) is 5.78 Å². The van der Waals surface area contributed by atoms with Crippen LogP contribution in [-0.2, 0) is 20.8 Å². The molecule has 0 aromatic heterocycles.